The molecule has 0 saturated carbocycles. The van der Waals surface area contributed by atoms with Gasteiger partial charge in [-0.1, -0.05) is 49.4 Å². The number of carbonyl (C=O) groups is 3. The largest absolute Gasteiger partial charge is 0.483 e. The zero-order valence-electron chi connectivity index (χ0n) is 20.6. The second-order valence-corrected chi connectivity index (χ2v) is 10.4. The van der Waals surface area contributed by atoms with Gasteiger partial charge in [-0.15, -0.1) is 0 Å². The molecular formula is C26H35N3O6S. The molecule has 196 valence electrons. The molecule has 2 aromatic rings. The van der Waals surface area contributed by atoms with Crippen molar-refractivity contribution in [2.24, 2.45) is 0 Å². The number of hydrogen-bond acceptors (Lipinski definition) is 5. The van der Waals surface area contributed by atoms with Crippen LogP contribution in [0.3, 0.4) is 0 Å². The molecule has 3 rings (SSSR count). The molecule has 10 heteroatoms. The first kappa shape index (κ1) is 29.0. The van der Waals surface area contributed by atoms with Crippen LogP contribution in [0, 0.1) is 0 Å². The fraction of sp³-hybridized carbons (Fsp3) is 0.423. The third-order valence-corrected chi connectivity index (χ3v) is 7.86. The number of aryl methyl sites for hydroxylation is 1. The summed E-state index contributed by atoms with van der Waals surface area (Å²) >= 11 is 0. The molecule has 2 aromatic carbocycles. The van der Waals surface area contributed by atoms with Crippen LogP contribution in [-0.2, 0) is 30.8 Å². The van der Waals surface area contributed by atoms with Crippen LogP contribution in [0.5, 0.6) is 0 Å². The van der Waals surface area contributed by atoms with E-state index in [1.807, 2.05) is 37.3 Å². The summed E-state index contributed by atoms with van der Waals surface area (Å²) in [4.78, 5) is 33.5. The van der Waals surface area contributed by atoms with E-state index in [1.165, 1.54) is 4.31 Å². The van der Waals surface area contributed by atoms with Gasteiger partial charge < -0.3 is 15.7 Å². The highest BCUT2D eigenvalue weighted by Crippen LogP contribution is 2.24. The topological polar surface area (TPSA) is 133 Å². The average molecular weight is 518 g/mol. The van der Waals surface area contributed by atoms with Crippen molar-refractivity contribution in [2.75, 3.05) is 26.2 Å². The monoisotopic (exact) mass is 517 g/mol. The minimum atomic E-state index is -3.83. The summed E-state index contributed by atoms with van der Waals surface area (Å²) in [5, 5.41) is 12.6. The van der Waals surface area contributed by atoms with Gasteiger partial charge in [0.25, 0.3) is 6.47 Å². The Morgan fingerprint density at radius 1 is 0.972 bits per heavy atom. The first-order valence-corrected chi connectivity index (χ1v) is 13.5. The average Bonchev–Trinajstić information content (AvgIpc) is 2.88. The molecule has 36 heavy (non-hydrogen) atoms. The van der Waals surface area contributed by atoms with Crippen LogP contribution in [0.1, 0.15) is 49.7 Å². The summed E-state index contributed by atoms with van der Waals surface area (Å²) < 4.78 is 27.7. The molecule has 1 heterocycles. The SMILES string of the molecule is CCc1ccc(S(=O)(=O)N2CCCNC(=O)CCC(c3ccccc3)CCNC(=O)C2)cc1.O=CO. The van der Waals surface area contributed by atoms with Crippen molar-refractivity contribution >= 4 is 28.3 Å². The molecule has 0 bridgehead atoms. The Kier molecular flexibility index (Phi) is 12.1. The van der Waals surface area contributed by atoms with Gasteiger partial charge in [0.15, 0.2) is 0 Å². The summed E-state index contributed by atoms with van der Waals surface area (Å²) in [5.74, 6) is -0.227. The van der Waals surface area contributed by atoms with Crippen LogP contribution >= 0.6 is 0 Å². The first-order valence-electron chi connectivity index (χ1n) is 12.1. The van der Waals surface area contributed by atoms with Gasteiger partial charge in [-0.2, -0.15) is 4.31 Å². The lowest BCUT2D eigenvalue weighted by molar-refractivity contribution is -0.123. The van der Waals surface area contributed by atoms with Gasteiger partial charge in [-0.25, -0.2) is 8.42 Å². The van der Waals surface area contributed by atoms with Crippen LogP contribution < -0.4 is 10.6 Å². The molecule has 1 unspecified atom stereocenters. The molecular weight excluding hydrogens is 482 g/mol. The number of carbonyl (C=O) groups excluding carboxylic acids is 2. The second-order valence-electron chi connectivity index (χ2n) is 8.43. The minimum absolute atomic E-state index is 0.0402. The Hall–Kier alpha value is -3.24. The number of carboxylic acid groups (broad SMARTS) is 1. The standard InChI is InChI=1S/C25H33N3O4S.CH2O2/c1-2-20-9-12-23(13-10-20)33(31,32)28-18-6-16-26-24(29)14-11-22(15-17-27-25(30)19-28)21-7-4-3-5-8-21;2-1-3/h3-5,7-10,12-13,22H,2,6,11,14-19H2,1H3,(H,26,29)(H,27,30);1H,(H,2,3). The van der Waals surface area contributed by atoms with Crippen molar-refractivity contribution < 1.29 is 27.9 Å². The molecule has 9 nitrogen and oxygen atoms in total. The number of sulfonamides is 1. The normalized spacial score (nSPS) is 18.5. The molecule has 1 aliphatic heterocycles. The fourth-order valence-electron chi connectivity index (χ4n) is 4.01. The van der Waals surface area contributed by atoms with Crippen LogP contribution in [0.15, 0.2) is 59.5 Å². The van der Waals surface area contributed by atoms with Gasteiger partial charge in [-0.05, 0) is 54.9 Å². The van der Waals surface area contributed by atoms with E-state index in [9.17, 15) is 18.0 Å². The van der Waals surface area contributed by atoms with Crippen molar-refractivity contribution in [3.8, 4) is 0 Å². The van der Waals surface area contributed by atoms with E-state index in [0.29, 0.717) is 38.8 Å². The Balaban J connectivity index is 0.00000145. The lowest BCUT2D eigenvalue weighted by Gasteiger charge is -2.23. The van der Waals surface area contributed by atoms with Crippen molar-refractivity contribution in [2.45, 2.75) is 49.8 Å². The smallest absolute Gasteiger partial charge is 0.290 e. The van der Waals surface area contributed by atoms with Crippen molar-refractivity contribution in [1.82, 2.24) is 14.9 Å². The molecule has 1 aliphatic rings. The number of nitrogens with one attached hydrogen (secondary N) is 2. The van der Waals surface area contributed by atoms with Gasteiger partial charge in [0.2, 0.25) is 21.8 Å². The highest BCUT2D eigenvalue weighted by molar-refractivity contribution is 7.89. The molecule has 0 radical (unpaired) electrons. The number of benzene rings is 2. The van der Waals surface area contributed by atoms with E-state index >= 15 is 0 Å². The van der Waals surface area contributed by atoms with Gasteiger partial charge in [0, 0.05) is 26.1 Å². The Labute approximate surface area is 212 Å². The van der Waals surface area contributed by atoms with Crippen LogP contribution in [-0.4, -0.2) is 62.3 Å². The van der Waals surface area contributed by atoms with Crippen molar-refractivity contribution in [1.29, 1.82) is 0 Å². The highest BCUT2D eigenvalue weighted by atomic mass is 32.2. The predicted molar refractivity (Wildman–Crippen MR) is 137 cm³/mol. The van der Waals surface area contributed by atoms with Gasteiger partial charge in [0.05, 0.1) is 11.4 Å². The number of hydrogen-bond donors (Lipinski definition) is 3. The van der Waals surface area contributed by atoms with E-state index in [0.717, 1.165) is 17.5 Å². The molecule has 0 spiro atoms. The summed E-state index contributed by atoms with van der Waals surface area (Å²) in [6, 6.07) is 16.7. The Bertz CT molecular complexity index is 1070. The van der Waals surface area contributed by atoms with E-state index < -0.39 is 10.0 Å². The van der Waals surface area contributed by atoms with Gasteiger partial charge in [-0.3, -0.25) is 14.4 Å². The molecule has 1 saturated heterocycles. The van der Waals surface area contributed by atoms with E-state index in [-0.39, 0.29) is 42.2 Å². The quantitative estimate of drug-likeness (QED) is 0.534. The highest BCUT2D eigenvalue weighted by Gasteiger charge is 2.26. The Morgan fingerprint density at radius 3 is 2.25 bits per heavy atom. The summed E-state index contributed by atoms with van der Waals surface area (Å²) in [6.45, 7) is 2.43. The third kappa shape index (κ3) is 9.09. The molecule has 3 N–H and O–H groups in total. The maximum Gasteiger partial charge on any atom is 0.290 e. The fourth-order valence-corrected chi connectivity index (χ4v) is 5.45. The number of nitrogens with zero attached hydrogens (tertiary/aromatic N) is 1. The number of amides is 2. The summed E-state index contributed by atoms with van der Waals surface area (Å²) in [5.41, 5.74) is 2.18. The van der Waals surface area contributed by atoms with Crippen molar-refractivity contribution in [3.05, 3.63) is 65.7 Å². The maximum atomic E-state index is 13.2. The Morgan fingerprint density at radius 2 is 1.61 bits per heavy atom. The zero-order valence-corrected chi connectivity index (χ0v) is 21.4. The third-order valence-electron chi connectivity index (χ3n) is 6.00. The van der Waals surface area contributed by atoms with Gasteiger partial charge >= 0.3 is 0 Å². The molecule has 2 amide bonds. The van der Waals surface area contributed by atoms with E-state index in [1.54, 1.807) is 24.3 Å². The lowest BCUT2D eigenvalue weighted by Crippen LogP contribution is -2.42. The summed E-state index contributed by atoms with van der Waals surface area (Å²) in [6.07, 6.45) is 3.00. The molecule has 0 aliphatic carbocycles. The van der Waals surface area contributed by atoms with Gasteiger partial charge in [0.1, 0.15) is 0 Å². The van der Waals surface area contributed by atoms with Crippen LogP contribution in [0.2, 0.25) is 0 Å². The van der Waals surface area contributed by atoms with Crippen molar-refractivity contribution in [3.63, 3.8) is 0 Å². The molecule has 0 aromatic heterocycles. The number of rotatable bonds is 4. The molecule has 1 atom stereocenters. The summed E-state index contributed by atoms with van der Waals surface area (Å²) in [7, 11) is -3.83. The van der Waals surface area contributed by atoms with E-state index in [2.05, 4.69) is 10.6 Å². The zero-order chi connectivity index (χ0) is 26.4. The van der Waals surface area contributed by atoms with Crippen LogP contribution in [0.25, 0.3) is 0 Å². The van der Waals surface area contributed by atoms with E-state index in [4.69, 9.17) is 9.90 Å². The first-order chi connectivity index (χ1) is 17.3. The maximum absolute atomic E-state index is 13.2. The lowest BCUT2D eigenvalue weighted by atomic mass is 9.91. The minimum Gasteiger partial charge on any atom is -0.483 e. The predicted octanol–water partition coefficient (Wildman–Crippen LogP) is 2.53. The van der Waals surface area contributed by atoms with Crippen LogP contribution in [0.4, 0.5) is 0 Å². The molecule has 1 fully saturated rings. The second kappa shape index (κ2) is 15.0.